The van der Waals surface area contributed by atoms with E-state index in [1.165, 1.54) is 44.3 Å². The Balaban J connectivity index is 1.31. The minimum Gasteiger partial charge on any atom is -0.457 e. The molecule has 0 atom stereocenters. The molecule has 0 amide bonds. The number of likely N-dealkylation sites (tertiary alicyclic amines) is 1. The number of rotatable bonds is 6. The molecule has 0 bridgehead atoms. The Morgan fingerprint density at radius 1 is 1.03 bits per heavy atom. The molecule has 2 N–H and O–H groups in total. The number of benzene rings is 2. The van der Waals surface area contributed by atoms with Crippen LogP contribution < -0.4 is 15.4 Å². The number of ether oxygens (including phenoxy) is 1. The smallest absolute Gasteiger partial charge is 0.191 e. The van der Waals surface area contributed by atoms with Crippen molar-refractivity contribution in [2.75, 3.05) is 20.1 Å². The highest BCUT2D eigenvalue weighted by atomic mass is 16.5. The zero-order valence-electron chi connectivity index (χ0n) is 17.5. The van der Waals surface area contributed by atoms with Gasteiger partial charge in [-0.1, -0.05) is 35.9 Å². The average Bonchev–Trinajstić information content (AvgIpc) is 3.59. The summed E-state index contributed by atoms with van der Waals surface area (Å²) in [5, 5.41) is 7.06. The summed E-state index contributed by atoms with van der Waals surface area (Å²) >= 11 is 0. The van der Waals surface area contributed by atoms with E-state index >= 15 is 0 Å². The lowest BCUT2D eigenvalue weighted by Crippen LogP contribution is -2.48. The minimum absolute atomic E-state index is 0.496. The Morgan fingerprint density at radius 3 is 2.45 bits per heavy atom. The molecule has 1 saturated heterocycles. The first-order valence-corrected chi connectivity index (χ1v) is 10.7. The van der Waals surface area contributed by atoms with Crippen LogP contribution in [0.1, 0.15) is 36.8 Å². The van der Waals surface area contributed by atoms with Gasteiger partial charge in [0, 0.05) is 44.3 Å². The van der Waals surface area contributed by atoms with Crippen molar-refractivity contribution in [2.45, 2.75) is 51.2 Å². The van der Waals surface area contributed by atoms with Gasteiger partial charge in [-0.05, 0) is 50.8 Å². The summed E-state index contributed by atoms with van der Waals surface area (Å²) in [5.41, 5.74) is 2.34. The maximum absolute atomic E-state index is 6.11. The summed E-state index contributed by atoms with van der Waals surface area (Å²) in [6.45, 7) is 5.15. The van der Waals surface area contributed by atoms with Gasteiger partial charge in [-0.15, -0.1) is 0 Å². The largest absolute Gasteiger partial charge is 0.457 e. The molecular weight excluding hydrogens is 360 g/mol. The fourth-order valence-corrected chi connectivity index (χ4v) is 3.90. The van der Waals surface area contributed by atoms with E-state index in [2.05, 4.69) is 45.6 Å². The number of aliphatic imine (C=N–C) groups is 1. The molecule has 0 radical (unpaired) electrons. The SMILES string of the molecule is CN=C(NCc1ccccc1Oc1ccc(C)cc1)NC1CCN(C2CC2)CC1. The van der Waals surface area contributed by atoms with E-state index in [4.69, 9.17) is 4.74 Å². The maximum Gasteiger partial charge on any atom is 0.191 e. The molecule has 2 fully saturated rings. The van der Waals surface area contributed by atoms with Crippen LogP contribution in [0.15, 0.2) is 53.5 Å². The fraction of sp³-hybridized carbons (Fsp3) is 0.458. The molecule has 4 rings (SSSR count). The number of para-hydroxylation sites is 1. The van der Waals surface area contributed by atoms with Crippen LogP contribution >= 0.6 is 0 Å². The molecular formula is C24H32N4O. The third-order valence-electron chi connectivity index (χ3n) is 5.82. The predicted molar refractivity (Wildman–Crippen MR) is 119 cm³/mol. The second-order valence-electron chi connectivity index (χ2n) is 8.13. The highest BCUT2D eigenvalue weighted by Crippen LogP contribution is 2.29. The van der Waals surface area contributed by atoms with E-state index in [1.54, 1.807) is 0 Å². The van der Waals surface area contributed by atoms with E-state index in [9.17, 15) is 0 Å². The van der Waals surface area contributed by atoms with Gasteiger partial charge < -0.3 is 20.3 Å². The van der Waals surface area contributed by atoms with Gasteiger partial charge in [0.25, 0.3) is 0 Å². The molecule has 2 aromatic carbocycles. The van der Waals surface area contributed by atoms with Crippen LogP contribution in [0.3, 0.4) is 0 Å². The van der Waals surface area contributed by atoms with Gasteiger partial charge in [0.05, 0.1) is 0 Å². The van der Waals surface area contributed by atoms with Gasteiger partial charge >= 0.3 is 0 Å². The van der Waals surface area contributed by atoms with Crippen LogP contribution in [0.25, 0.3) is 0 Å². The van der Waals surface area contributed by atoms with Gasteiger partial charge in [0.15, 0.2) is 5.96 Å². The van der Waals surface area contributed by atoms with Crippen molar-refractivity contribution in [3.63, 3.8) is 0 Å². The van der Waals surface area contributed by atoms with E-state index in [0.29, 0.717) is 12.6 Å². The van der Waals surface area contributed by atoms with Crippen LogP contribution in [0, 0.1) is 6.92 Å². The Morgan fingerprint density at radius 2 is 1.76 bits per heavy atom. The van der Waals surface area contributed by atoms with Gasteiger partial charge in [0.2, 0.25) is 0 Å². The second kappa shape index (κ2) is 9.31. The first-order chi connectivity index (χ1) is 14.2. The summed E-state index contributed by atoms with van der Waals surface area (Å²) in [5.74, 6) is 2.59. The van der Waals surface area contributed by atoms with Crippen LogP contribution in [-0.4, -0.2) is 43.1 Å². The zero-order chi connectivity index (χ0) is 20.1. The molecule has 2 aromatic rings. The Kier molecular flexibility index (Phi) is 6.35. The Labute approximate surface area is 174 Å². The Bertz CT molecular complexity index is 821. The Hall–Kier alpha value is -2.53. The summed E-state index contributed by atoms with van der Waals surface area (Å²) in [7, 11) is 1.84. The van der Waals surface area contributed by atoms with Gasteiger partial charge in [-0.2, -0.15) is 0 Å². The van der Waals surface area contributed by atoms with E-state index in [1.807, 2.05) is 37.4 Å². The molecule has 29 heavy (non-hydrogen) atoms. The van der Waals surface area contributed by atoms with Crippen molar-refractivity contribution in [3.8, 4) is 11.5 Å². The summed E-state index contributed by atoms with van der Waals surface area (Å²) in [6.07, 6.45) is 5.16. The van der Waals surface area contributed by atoms with Crippen molar-refractivity contribution in [2.24, 2.45) is 4.99 Å². The molecule has 5 nitrogen and oxygen atoms in total. The third kappa shape index (κ3) is 5.51. The van der Waals surface area contributed by atoms with Gasteiger partial charge in [-0.25, -0.2) is 0 Å². The highest BCUT2D eigenvalue weighted by Gasteiger charge is 2.31. The van der Waals surface area contributed by atoms with Gasteiger partial charge in [-0.3, -0.25) is 4.99 Å². The highest BCUT2D eigenvalue weighted by molar-refractivity contribution is 5.80. The van der Waals surface area contributed by atoms with Crippen LogP contribution in [0.5, 0.6) is 11.5 Å². The summed E-state index contributed by atoms with van der Waals surface area (Å²) in [6, 6.07) is 17.7. The summed E-state index contributed by atoms with van der Waals surface area (Å²) in [4.78, 5) is 7.07. The van der Waals surface area contributed by atoms with Crippen LogP contribution in [-0.2, 0) is 6.54 Å². The molecule has 0 aromatic heterocycles. The van der Waals surface area contributed by atoms with E-state index < -0.39 is 0 Å². The quantitative estimate of drug-likeness (QED) is 0.574. The molecule has 1 saturated carbocycles. The topological polar surface area (TPSA) is 48.9 Å². The molecule has 1 aliphatic heterocycles. The molecule has 1 aliphatic carbocycles. The predicted octanol–water partition coefficient (Wildman–Crippen LogP) is 4.08. The molecule has 0 spiro atoms. The van der Waals surface area contributed by atoms with Crippen molar-refractivity contribution >= 4 is 5.96 Å². The normalized spacial score (nSPS) is 18.5. The number of piperidine rings is 1. The van der Waals surface area contributed by atoms with Gasteiger partial charge in [0.1, 0.15) is 11.5 Å². The van der Waals surface area contributed by atoms with E-state index in [0.717, 1.165) is 29.1 Å². The number of hydrogen-bond acceptors (Lipinski definition) is 3. The summed E-state index contributed by atoms with van der Waals surface area (Å²) < 4.78 is 6.11. The average molecular weight is 393 g/mol. The standard InChI is InChI=1S/C24H32N4O/c1-18-7-11-22(12-8-18)29-23-6-4-3-5-19(23)17-26-24(25-2)27-20-13-15-28(16-14-20)21-9-10-21/h3-8,11-12,20-21H,9-10,13-17H2,1-2H3,(H2,25,26,27). The first kappa shape index (κ1) is 19.8. The zero-order valence-corrected chi connectivity index (χ0v) is 17.5. The number of guanidine groups is 1. The molecule has 2 aliphatic rings. The minimum atomic E-state index is 0.496. The number of aryl methyl sites for hydroxylation is 1. The lowest BCUT2D eigenvalue weighted by molar-refractivity contribution is 0.197. The van der Waals surface area contributed by atoms with Crippen molar-refractivity contribution in [1.82, 2.24) is 15.5 Å². The molecule has 5 heteroatoms. The molecule has 154 valence electrons. The number of hydrogen-bond donors (Lipinski definition) is 2. The fourth-order valence-electron chi connectivity index (χ4n) is 3.90. The van der Waals surface area contributed by atoms with Crippen LogP contribution in [0.4, 0.5) is 0 Å². The third-order valence-corrected chi connectivity index (χ3v) is 5.82. The van der Waals surface area contributed by atoms with Crippen LogP contribution in [0.2, 0.25) is 0 Å². The van der Waals surface area contributed by atoms with Crippen molar-refractivity contribution < 1.29 is 4.74 Å². The van der Waals surface area contributed by atoms with Crippen molar-refractivity contribution in [1.29, 1.82) is 0 Å². The first-order valence-electron chi connectivity index (χ1n) is 10.7. The molecule has 0 unspecified atom stereocenters. The van der Waals surface area contributed by atoms with Crippen molar-refractivity contribution in [3.05, 3.63) is 59.7 Å². The second-order valence-corrected chi connectivity index (χ2v) is 8.13. The maximum atomic E-state index is 6.11. The van der Waals surface area contributed by atoms with E-state index in [-0.39, 0.29) is 0 Å². The number of nitrogens with zero attached hydrogens (tertiary/aromatic N) is 2. The molecule has 1 heterocycles. The lowest BCUT2D eigenvalue weighted by Gasteiger charge is -2.33. The number of nitrogens with one attached hydrogen (secondary N) is 2. The monoisotopic (exact) mass is 392 g/mol. The lowest BCUT2D eigenvalue weighted by atomic mass is 10.1.